The fraction of sp³-hybridized carbons (Fsp3) is 0.375. The molecule has 0 aliphatic carbocycles. The number of piperazine rings is 1. The molecule has 4 rings (SSSR count). The zero-order valence-electron chi connectivity index (χ0n) is 22.2. The second-order valence-corrected chi connectivity index (χ2v) is 9.98. The Kier molecular flexibility index (Phi) is 9.36. The van der Waals surface area contributed by atoms with Gasteiger partial charge in [0.15, 0.2) is 0 Å². The van der Waals surface area contributed by atoms with Gasteiger partial charge in [-0.1, -0.05) is 62.6 Å². The monoisotopic (exact) mass is 497 g/mol. The zero-order valence-corrected chi connectivity index (χ0v) is 22.2. The number of carbonyl (C=O) groups excluding carboxylic acids is 2. The van der Waals surface area contributed by atoms with Crippen LogP contribution in [0.3, 0.4) is 0 Å². The Labute approximate surface area is 221 Å². The fourth-order valence-corrected chi connectivity index (χ4v) is 4.83. The first-order valence-corrected chi connectivity index (χ1v) is 13.6. The topological polar surface area (TPSA) is 52.7 Å². The molecule has 1 saturated heterocycles. The van der Waals surface area contributed by atoms with Crippen molar-refractivity contribution in [3.8, 4) is 0 Å². The summed E-state index contributed by atoms with van der Waals surface area (Å²) in [6.07, 6.45) is 6.51. The number of unbranched alkanes of at least 4 members (excludes halogenated alkanes) is 3. The highest BCUT2D eigenvalue weighted by atomic mass is 16.2. The molecule has 1 aliphatic heterocycles. The summed E-state index contributed by atoms with van der Waals surface area (Å²) in [5, 5.41) is 3.01. The number of nitrogens with zero attached hydrogens (tertiary/aromatic N) is 2. The van der Waals surface area contributed by atoms with Gasteiger partial charge in [0.2, 0.25) is 5.91 Å². The zero-order chi connectivity index (χ0) is 26.0. The summed E-state index contributed by atoms with van der Waals surface area (Å²) < 4.78 is 0. The van der Waals surface area contributed by atoms with Gasteiger partial charge >= 0.3 is 0 Å². The SMILES string of the molecule is CCCCCCc1ccc(C(=O)Nc2ccc(N3CCN(C(=O)Cc4ccccc4C)CC3)cc2)cc1. The Morgan fingerprint density at radius 3 is 2.19 bits per heavy atom. The van der Waals surface area contributed by atoms with Crippen molar-refractivity contribution in [3.05, 3.63) is 95.1 Å². The van der Waals surface area contributed by atoms with Gasteiger partial charge in [0, 0.05) is 43.1 Å². The largest absolute Gasteiger partial charge is 0.368 e. The summed E-state index contributed by atoms with van der Waals surface area (Å²) in [6, 6.07) is 24.0. The van der Waals surface area contributed by atoms with Crippen molar-refractivity contribution in [2.24, 2.45) is 0 Å². The van der Waals surface area contributed by atoms with E-state index in [1.807, 2.05) is 59.5 Å². The van der Waals surface area contributed by atoms with Crippen molar-refractivity contribution >= 4 is 23.2 Å². The van der Waals surface area contributed by atoms with E-state index in [-0.39, 0.29) is 11.8 Å². The highest BCUT2D eigenvalue weighted by Crippen LogP contribution is 2.21. The lowest BCUT2D eigenvalue weighted by Gasteiger charge is -2.36. The van der Waals surface area contributed by atoms with Gasteiger partial charge in [-0.05, 0) is 72.9 Å². The van der Waals surface area contributed by atoms with Crippen molar-refractivity contribution in [1.29, 1.82) is 0 Å². The van der Waals surface area contributed by atoms with E-state index in [4.69, 9.17) is 0 Å². The minimum absolute atomic E-state index is 0.0916. The van der Waals surface area contributed by atoms with E-state index in [0.717, 1.165) is 55.1 Å². The van der Waals surface area contributed by atoms with Crippen molar-refractivity contribution in [3.63, 3.8) is 0 Å². The van der Waals surface area contributed by atoms with Crippen molar-refractivity contribution in [2.45, 2.75) is 52.4 Å². The maximum Gasteiger partial charge on any atom is 0.255 e. The lowest BCUT2D eigenvalue weighted by molar-refractivity contribution is -0.130. The number of carbonyl (C=O) groups is 2. The number of aryl methyl sites for hydroxylation is 2. The van der Waals surface area contributed by atoms with E-state index >= 15 is 0 Å². The number of anilines is 2. The first kappa shape index (κ1) is 26.5. The van der Waals surface area contributed by atoms with Crippen LogP contribution in [-0.4, -0.2) is 42.9 Å². The van der Waals surface area contributed by atoms with E-state index in [1.54, 1.807) is 0 Å². The highest BCUT2D eigenvalue weighted by molar-refractivity contribution is 6.04. The molecule has 1 fully saturated rings. The predicted octanol–water partition coefficient (Wildman–Crippen LogP) is 6.26. The molecule has 0 atom stereocenters. The van der Waals surface area contributed by atoms with Crippen LogP contribution in [0.4, 0.5) is 11.4 Å². The van der Waals surface area contributed by atoms with Crippen molar-refractivity contribution in [2.75, 3.05) is 36.4 Å². The number of hydrogen-bond donors (Lipinski definition) is 1. The van der Waals surface area contributed by atoms with Gasteiger partial charge < -0.3 is 15.1 Å². The molecule has 0 radical (unpaired) electrons. The van der Waals surface area contributed by atoms with Crippen LogP contribution in [0.1, 0.15) is 59.7 Å². The standard InChI is InChI=1S/C32H39N3O2/c1-3-4-5-6-10-26-12-14-27(15-13-26)32(37)33-29-16-18-30(19-17-29)34-20-22-35(23-21-34)31(36)24-28-11-8-7-9-25(28)2/h7-9,11-19H,3-6,10,20-24H2,1-2H3,(H,33,37). The average Bonchev–Trinajstić information content (AvgIpc) is 2.93. The van der Waals surface area contributed by atoms with Gasteiger partial charge in [-0.25, -0.2) is 0 Å². The van der Waals surface area contributed by atoms with E-state index < -0.39 is 0 Å². The third kappa shape index (κ3) is 7.45. The molecule has 3 aromatic rings. The Morgan fingerprint density at radius 1 is 0.811 bits per heavy atom. The maximum absolute atomic E-state index is 12.8. The summed E-state index contributed by atoms with van der Waals surface area (Å²) in [5.74, 6) is 0.0996. The summed E-state index contributed by atoms with van der Waals surface area (Å²) >= 11 is 0. The minimum Gasteiger partial charge on any atom is -0.368 e. The van der Waals surface area contributed by atoms with E-state index in [0.29, 0.717) is 12.0 Å². The van der Waals surface area contributed by atoms with Crippen LogP contribution in [-0.2, 0) is 17.6 Å². The van der Waals surface area contributed by atoms with Gasteiger partial charge in [-0.2, -0.15) is 0 Å². The molecule has 1 N–H and O–H groups in total. The number of nitrogens with one attached hydrogen (secondary N) is 1. The first-order chi connectivity index (χ1) is 18.0. The van der Waals surface area contributed by atoms with Crippen LogP contribution in [0, 0.1) is 6.92 Å². The van der Waals surface area contributed by atoms with Crippen molar-refractivity contribution < 1.29 is 9.59 Å². The maximum atomic E-state index is 12.8. The molecule has 0 bridgehead atoms. The average molecular weight is 498 g/mol. The van der Waals surface area contributed by atoms with Gasteiger partial charge in [0.1, 0.15) is 0 Å². The smallest absolute Gasteiger partial charge is 0.255 e. The third-order valence-electron chi connectivity index (χ3n) is 7.26. The van der Waals surface area contributed by atoms with Crippen LogP contribution in [0.15, 0.2) is 72.8 Å². The van der Waals surface area contributed by atoms with Crippen LogP contribution in [0.2, 0.25) is 0 Å². The number of hydrogen-bond acceptors (Lipinski definition) is 3. The first-order valence-electron chi connectivity index (χ1n) is 13.6. The van der Waals surface area contributed by atoms with Crippen LogP contribution < -0.4 is 10.2 Å². The van der Waals surface area contributed by atoms with Crippen LogP contribution >= 0.6 is 0 Å². The molecular formula is C32H39N3O2. The van der Waals surface area contributed by atoms with Gasteiger partial charge in [0.05, 0.1) is 6.42 Å². The molecule has 0 saturated carbocycles. The second-order valence-electron chi connectivity index (χ2n) is 9.98. The number of benzene rings is 3. The van der Waals surface area contributed by atoms with Crippen LogP contribution in [0.25, 0.3) is 0 Å². The fourth-order valence-electron chi connectivity index (χ4n) is 4.83. The lowest BCUT2D eigenvalue weighted by atomic mass is 10.0. The van der Waals surface area contributed by atoms with Gasteiger partial charge in [-0.3, -0.25) is 9.59 Å². The molecule has 3 aromatic carbocycles. The predicted molar refractivity (Wildman–Crippen MR) is 152 cm³/mol. The molecule has 1 heterocycles. The molecule has 37 heavy (non-hydrogen) atoms. The molecule has 0 aromatic heterocycles. The Morgan fingerprint density at radius 2 is 1.51 bits per heavy atom. The van der Waals surface area contributed by atoms with Gasteiger partial charge in [-0.15, -0.1) is 0 Å². The molecule has 5 nitrogen and oxygen atoms in total. The van der Waals surface area contributed by atoms with E-state index in [1.165, 1.54) is 31.2 Å². The molecule has 194 valence electrons. The van der Waals surface area contributed by atoms with Crippen molar-refractivity contribution in [1.82, 2.24) is 4.90 Å². The summed E-state index contributed by atoms with van der Waals surface area (Å²) in [5.41, 5.74) is 6.12. The Hall–Kier alpha value is -3.60. The lowest BCUT2D eigenvalue weighted by Crippen LogP contribution is -2.49. The molecule has 5 heteroatoms. The van der Waals surface area contributed by atoms with E-state index in [2.05, 4.69) is 42.3 Å². The summed E-state index contributed by atoms with van der Waals surface area (Å²) in [4.78, 5) is 29.7. The number of rotatable bonds is 10. The van der Waals surface area contributed by atoms with Gasteiger partial charge in [0.25, 0.3) is 5.91 Å². The van der Waals surface area contributed by atoms with E-state index in [9.17, 15) is 9.59 Å². The second kappa shape index (κ2) is 13.1. The molecular weight excluding hydrogens is 458 g/mol. The molecule has 2 amide bonds. The highest BCUT2D eigenvalue weighted by Gasteiger charge is 2.22. The minimum atomic E-state index is -0.0916. The normalized spacial score (nSPS) is 13.5. The summed E-state index contributed by atoms with van der Waals surface area (Å²) in [6.45, 7) is 7.32. The number of amides is 2. The Balaban J connectivity index is 1.24. The molecule has 1 aliphatic rings. The van der Waals surface area contributed by atoms with Crippen LogP contribution in [0.5, 0.6) is 0 Å². The third-order valence-corrected chi connectivity index (χ3v) is 7.26. The summed E-state index contributed by atoms with van der Waals surface area (Å²) in [7, 11) is 0. The quantitative estimate of drug-likeness (QED) is 0.336. The molecule has 0 spiro atoms. The molecule has 0 unspecified atom stereocenters. The Bertz CT molecular complexity index is 1160.